The van der Waals surface area contributed by atoms with Crippen LogP contribution in [0.5, 0.6) is 11.5 Å². The Morgan fingerprint density at radius 1 is 1.06 bits per heavy atom. The van der Waals surface area contributed by atoms with Gasteiger partial charge in [0.05, 0.1) is 27.4 Å². The van der Waals surface area contributed by atoms with E-state index in [2.05, 4.69) is 12.1 Å². The number of rotatable bonds is 4. The Labute approximate surface area is 102 Å². The molecule has 1 aliphatic rings. The molecule has 0 bridgehead atoms. The van der Waals surface area contributed by atoms with Crippen LogP contribution in [0.3, 0.4) is 0 Å². The summed E-state index contributed by atoms with van der Waals surface area (Å²) in [6, 6.07) is 6.05. The predicted molar refractivity (Wildman–Crippen MR) is 64.8 cm³/mol. The number of quaternary nitrogens is 1. The van der Waals surface area contributed by atoms with E-state index in [-0.39, 0.29) is 0 Å². The van der Waals surface area contributed by atoms with E-state index in [0.717, 1.165) is 44.3 Å². The van der Waals surface area contributed by atoms with Crippen molar-refractivity contribution in [2.75, 3.05) is 40.5 Å². The molecule has 94 valence electrons. The molecule has 1 saturated heterocycles. The lowest BCUT2D eigenvalue weighted by Gasteiger charge is -2.24. The minimum Gasteiger partial charge on any atom is -0.497 e. The van der Waals surface area contributed by atoms with E-state index in [1.54, 1.807) is 19.1 Å². The van der Waals surface area contributed by atoms with Crippen LogP contribution in [0.1, 0.15) is 5.56 Å². The van der Waals surface area contributed by atoms with Crippen molar-refractivity contribution in [1.29, 1.82) is 0 Å². The van der Waals surface area contributed by atoms with E-state index >= 15 is 0 Å². The lowest BCUT2D eigenvalue weighted by atomic mass is 10.2. The fourth-order valence-corrected chi connectivity index (χ4v) is 2.09. The molecule has 0 spiro atoms. The summed E-state index contributed by atoms with van der Waals surface area (Å²) in [4.78, 5) is 1.55. The van der Waals surface area contributed by atoms with E-state index in [1.807, 2.05) is 6.07 Å². The summed E-state index contributed by atoms with van der Waals surface area (Å²) >= 11 is 0. The smallest absolute Gasteiger partial charge is 0.123 e. The second kappa shape index (κ2) is 5.89. The van der Waals surface area contributed by atoms with Gasteiger partial charge in [0.2, 0.25) is 0 Å². The highest BCUT2D eigenvalue weighted by Gasteiger charge is 2.15. The molecule has 1 aliphatic heterocycles. The average molecular weight is 238 g/mol. The molecule has 0 saturated carbocycles. The summed E-state index contributed by atoms with van der Waals surface area (Å²) in [5.41, 5.74) is 1.25. The Kier molecular flexibility index (Phi) is 4.23. The minimum absolute atomic E-state index is 0.854. The first-order valence-corrected chi connectivity index (χ1v) is 5.95. The normalized spacial score (nSPS) is 16.8. The molecule has 2 rings (SSSR count). The van der Waals surface area contributed by atoms with Gasteiger partial charge in [-0.15, -0.1) is 0 Å². The van der Waals surface area contributed by atoms with Crippen molar-refractivity contribution in [3.8, 4) is 11.5 Å². The molecule has 1 aromatic rings. The SMILES string of the molecule is COc1cc(C[NH+]2CCOCC2)cc(OC)c1. The van der Waals surface area contributed by atoms with Crippen LogP contribution in [0, 0.1) is 0 Å². The van der Waals surface area contributed by atoms with Gasteiger partial charge in [0, 0.05) is 11.6 Å². The molecule has 4 heteroatoms. The maximum absolute atomic E-state index is 5.36. The first kappa shape index (κ1) is 12.2. The lowest BCUT2D eigenvalue weighted by molar-refractivity contribution is -0.921. The van der Waals surface area contributed by atoms with Gasteiger partial charge in [-0.3, -0.25) is 0 Å². The monoisotopic (exact) mass is 238 g/mol. The number of nitrogens with one attached hydrogen (secondary N) is 1. The Balaban J connectivity index is 2.07. The van der Waals surface area contributed by atoms with Gasteiger partial charge in [0.15, 0.2) is 0 Å². The van der Waals surface area contributed by atoms with Crippen LogP contribution in [0.2, 0.25) is 0 Å². The highest BCUT2D eigenvalue weighted by atomic mass is 16.5. The Morgan fingerprint density at radius 3 is 2.18 bits per heavy atom. The molecule has 0 radical (unpaired) electrons. The Bertz CT molecular complexity index is 339. The quantitative estimate of drug-likeness (QED) is 0.808. The van der Waals surface area contributed by atoms with Crippen LogP contribution >= 0.6 is 0 Å². The summed E-state index contributed by atoms with van der Waals surface area (Å²) in [6.45, 7) is 4.85. The molecular formula is C13H20NO3+. The third-order valence-corrected chi connectivity index (χ3v) is 3.07. The van der Waals surface area contributed by atoms with Crippen molar-refractivity contribution in [3.63, 3.8) is 0 Å². The molecule has 1 fully saturated rings. The summed E-state index contributed by atoms with van der Waals surface area (Å²) in [5, 5.41) is 0. The third-order valence-electron chi connectivity index (χ3n) is 3.07. The molecule has 1 aromatic carbocycles. The summed E-state index contributed by atoms with van der Waals surface area (Å²) in [7, 11) is 3.36. The highest BCUT2D eigenvalue weighted by molar-refractivity contribution is 5.38. The van der Waals surface area contributed by atoms with Crippen LogP contribution in [-0.2, 0) is 11.3 Å². The molecular weight excluding hydrogens is 218 g/mol. The summed E-state index contributed by atoms with van der Waals surface area (Å²) in [5.74, 6) is 1.71. The average Bonchev–Trinajstić information content (AvgIpc) is 2.39. The van der Waals surface area contributed by atoms with Gasteiger partial charge in [-0.2, -0.15) is 0 Å². The summed E-state index contributed by atoms with van der Waals surface area (Å²) < 4.78 is 15.9. The lowest BCUT2D eigenvalue weighted by Crippen LogP contribution is -3.12. The van der Waals surface area contributed by atoms with Crippen molar-refractivity contribution in [1.82, 2.24) is 0 Å². The molecule has 1 heterocycles. The van der Waals surface area contributed by atoms with Gasteiger partial charge in [0.25, 0.3) is 0 Å². The molecule has 0 amide bonds. The highest BCUT2D eigenvalue weighted by Crippen LogP contribution is 2.21. The number of morpholine rings is 1. The summed E-state index contributed by atoms with van der Waals surface area (Å²) in [6.07, 6.45) is 0. The third kappa shape index (κ3) is 3.35. The van der Waals surface area contributed by atoms with Gasteiger partial charge in [-0.05, 0) is 12.1 Å². The van der Waals surface area contributed by atoms with Gasteiger partial charge in [-0.1, -0.05) is 0 Å². The largest absolute Gasteiger partial charge is 0.497 e. The van der Waals surface area contributed by atoms with E-state index < -0.39 is 0 Å². The zero-order valence-electron chi connectivity index (χ0n) is 10.5. The molecule has 0 aliphatic carbocycles. The molecule has 0 aromatic heterocycles. The molecule has 0 atom stereocenters. The maximum atomic E-state index is 5.36. The van der Waals surface area contributed by atoms with Crippen molar-refractivity contribution >= 4 is 0 Å². The van der Waals surface area contributed by atoms with Crippen LogP contribution < -0.4 is 14.4 Å². The van der Waals surface area contributed by atoms with E-state index in [0.29, 0.717) is 0 Å². The van der Waals surface area contributed by atoms with Crippen LogP contribution in [0.4, 0.5) is 0 Å². The minimum atomic E-state index is 0.854. The second-order valence-corrected chi connectivity index (χ2v) is 4.26. The fraction of sp³-hybridized carbons (Fsp3) is 0.538. The van der Waals surface area contributed by atoms with Gasteiger partial charge in [0.1, 0.15) is 31.1 Å². The van der Waals surface area contributed by atoms with E-state index in [4.69, 9.17) is 14.2 Å². The van der Waals surface area contributed by atoms with Crippen molar-refractivity contribution in [3.05, 3.63) is 23.8 Å². The molecule has 4 nitrogen and oxygen atoms in total. The van der Waals surface area contributed by atoms with Gasteiger partial charge >= 0.3 is 0 Å². The number of methoxy groups -OCH3 is 2. The van der Waals surface area contributed by atoms with Crippen LogP contribution in [0.15, 0.2) is 18.2 Å². The second-order valence-electron chi connectivity index (χ2n) is 4.26. The number of hydrogen-bond acceptors (Lipinski definition) is 3. The van der Waals surface area contributed by atoms with E-state index in [9.17, 15) is 0 Å². The molecule has 17 heavy (non-hydrogen) atoms. The van der Waals surface area contributed by atoms with Crippen molar-refractivity contribution in [2.45, 2.75) is 6.54 Å². The predicted octanol–water partition coefficient (Wildman–Crippen LogP) is 0.119. The van der Waals surface area contributed by atoms with Crippen molar-refractivity contribution in [2.24, 2.45) is 0 Å². The Hall–Kier alpha value is -1.26. The van der Waals surface area contributed by atoms with Crippen LogP contribution in [-0.4, -0.2) is 40.5 Å². The molecule has 0 unspecified atom stereocenters. The van der Waals surface area contributed by atoms with Gasteiger partial charge in [-0.25, -0.2) is 0 Å². The standard InChI is InChI=1S/C13H19NO3/c1-15-12-7-11(8-13(9-12)16-2)10-14-3-5-17-6-4-14/h7-9H,3-6,10H2,1-2H3/p+1. The topological polar surface area (TPSA) is 32.1 Å². The van der Waals surface area contributed by atoms with Crippen molar-refractivity contribution < 1.29 is 19.1 Å². The zero-order valence-corrected chi connectivity index (χ0v) is 10.5. The van der Waals surface area contributed by atoms with Crippen LogP contribution in [0.25, 0.3) is 0 Å². The number of benzene rings is 1. The maximum Gasteiger partial charge on any atom is 0.123 e. The number of ether oxygens (including phenoxy) is 3. The zero-order chi connectivity index (χ0) is 12.1. The molecule has 1 N–H and O–H groups in total. The first-order chi connectivity index (χ1) is 8.31. The van der Waals surface area contributed by atoms with E-state index in [1.165, 1.54) is 5.56 Å². The number of hydrogen-bond donors (Lipinski definition) is 1. The Morgan fingerprint density at radius 2 is 1.65 bits per heavy atom. The van der Waals surface area contributed by atoms with Gasteiger partial charge < -0.3 is 19.1 Å². The first-order valence-electron chi connectivity index (χ1n) is 5.95. The fourth-order valence-electron chi connectivity index (χ4n) is 2.09.